The molecule has 6 atom stereocenters. The summed E-state index contributed by atoms with van der Waals surface area (Å²) in [5.41, 5.74) is 13.8. The third-order valence-corrected chi connectivity index (χ3v) is 4.98. The quantitative estimate of drug-likeness (QED) is 0.0484. The summed E-state index contributed by atoms with van der Waals surface area (Å²) < 4.78 is 5.49. The average molecular weight is 488 g/mol. The molecule has 190 valence electrons. The summed E-state index contributed by atoms with van der Waals surface area (Å²) in [7, 11) is 0. The van der Waals surface area contributed by atoms with Crippen LogP contribution in [0.4, 0.5) is 0 Å². The Morgan fingerprint density at radius 1 is 1.24 bits per heavy atom. The van der Waals surface area contributed by atoms with Crippen molar-refractivity contribution in [2.24, 2.45) is 22.2 Å². The number of nitrogens with one attached hydrogen (secondary N) is 3. The van der Waals surface area contributed by atoms with Crippen molar-refractivity contribution in [1.29, 1.82) is 0 Å². The largest absolute Gasteiger partial charge is 0.388 e. The summed E-state index contributed by atoms with van der Waals surface area (Å²) in [6.07, 6.45) is -6.31. The maximum absolute atomic E-state index is 12.7. The molecule has 1 aliphatic heterocycles. The van der Waals surface area contributed by atoms with Crippen LogP contribution in [0.15, 0.2) is 20.8 Å². The molecule has 1 aromatic heterocycles. The first-order valence-corrected chi connectivity index (χ1v) is 10.0. The monoisotopic (exact) mass is 488 g/mol. The molecule has 2 heterocycles. The molecule has 2 amide bonds. The number of hydroxylamine groups is 2. The predicted molar refractivity (Wildman–Crippen MR) is 113 cm³/mol. The minimum absolute atomic E-state index is 0.0909. The molecular formula is C17H28N8O9. The standard InChI is InChI=1S/C17H28N8O9/c18-9(26)2-1-7(25(33)10(27)5-22-16(19)20)15(31)21-4-8-11(28)12(29)13(34-8)6-3-23-17(32)24-14(6)30/h3,7-9,11-13,26,28-29,33H,1-2,4-5,18H2,(H,21,31)(H4,19,20,22)(H2,23,24,30,32)/t7-,8+,9?,11+,12+,13-/m0/s1. The van der Waals surface area contributed by atoms with Gasteiger partial charge in [0.05, 0.1) is 5.56 Å². The first kappa shape index (κ1) is 26.9. The Morgan fingerprint density at radius 2 is 1.91 bits per heavy atom. The number of aromatic nitrogens is 2. The zero-order valence-corrected chi connectivity index (χ0v) is 17.8. The highest BCUT2D eigenvalue weighted by Crippen LogP contribution is 2.31. The van der Waals surface area contributed by atoms with Crippen LogP contribution in [0.3, 0.4) is 0 Å². The number of H-pyrrole nitrogens is 2. The molecule has 0 aliphatic carbocycles. The highest BCUT2D eigenvalue weighted by atomic mass is 16.5. The van der Waals surface area contributed by atoms with E-state index in [1.54, 1.807) is 0 Å². The van der Waals surface area contributed by atoms with Crippen molar-refractivity contribution in [2.45, 2.75) is 49.5 Å². The lowest BCUT2D eigenvalue weighted by molar-refractivity contribution is -0.179. The van der Waals surface area contributed by atoms with Crippen molar-refractivity contribution in [3.63, 3.8) is 0 Å². The fourth-order valence-electron chi connectivity index (χ4n) is 3.22. The van der Waals surface area contributed by atoms with Crippen LogP contribution in [0.1, 0.15) is 24.5 Å². The number of aromatic amines is 2. The number of rotatable bonds is 10. The van der Waals surface area contributed by atoms with E-state index < -0.39 is 78.8 Å². The van der Waals surface area contributed by atoms with Crippen LogP contribution >= 0.6 is 0 Å². The van der Waals surface area contributed by atoms with Gasteiger partial charge in [-0.25, -0.2) is 14.9 Å². The van der Waals surface area contributed by atoms with Gasteiger partial charge in [0.1, 0.15) is 43.2 Å². The lowest BCUT2D eigenvalue weighted by Crippen LogP contribution is -2.51. The van der Waals surface area contributed by atoms with Gasteiger partial charge in [0, 0.05) is 12.7 Å². The molecule has 0 bridgehead atoms. The first-order valence-electron chi connectivity index (χ1n) is 10.0. The highest BCUT2D eigenvalue weighted by molar-refractivity contribution is 5.88. The minimum Gasteiger partial charge on any atom is -0.388 e. The van der Waals surface area contributed by atoms with Crippen molar-refractivity contribution in [1.82, 2.24) is 20.3 Å². The van der Waals surface area contributed by atoms with Crippen molar-refractivity contribution < 1.29 is 34.9 Å². The molecule has 1 fully saturated rings. The van der Waals surface area contributed by atoms with E-state index >= 15 is 0 Å². The number of amides is 2. The molecule has 0 saturated carbocycles. The Hall–Kier alpha value is -3.35. The number of aliphatic imine (C=N–C) groups is 1. The second-order valence-electron chi connectivity index (χ2n) is 7.49. The van der Waals surface area contributed by atoms with E-state index in [1.807, 2.05) is 4.98 Å². The number of nitrogens with two attached hydrogens (primary N) is 3. The lowest BCUT2D eigenvalue weighted by atomic mass is 10.0. The van der Waals surface area contributed by atoms with Crippen LogP contribution in [0.5, 0.6) is 0 Å². The van der Waals surface area contributed by atoms with Gasteiger partial charge in [0.2, 0.25) is 5.91 Å². The number of aliphatic hydroxyl groups excluding tert-OH is 3. The molecule has 0 spiro atoms. The third kappa shape index (κ3) is 6.83. The average Bonchev–Trinajstić information content (AvgIpc) is 3.04. The van der Waals surface area contributed by atoms with Gasteiger partial charge < -0.3 is 47.6 Å². The number of aliphatic hydroxyl groups is 3. The summed E-state index contributed by atoms with van der Waals surface area (Å²) in [5.74, 6) is -2.34. The molecule has 1 unspecified atom stereocenters. The molecule has 34 heavy (non-hydrogen) atoms. The lowest BCUT2D eigenvalue weighted by Gasteiger charge is -2.26. The Labute approximate surface area is 191 Å². The minimum atomic E-state index is -1.56. The van der Waals surface area contributed by atoms with Gasteiger partial charge >= 0.3 is 5.69 Å². The van der Waals surface area contributed by atoms with Gasteiger partial charge in [0.25, 0.3) is 11.5 Å². The van der Waals surface area contributed by atoms with E-state index in [4.69, 9.17) is 21.9 Å². The van der Waals surface area contributed by atoms with Crippen molar-refractivity contribution in [2.75, 3.05) is 13.1 Å². The molecular weight excluding hydrogens is 460 g/mol. The van der Waals surface area contributed by atoms with E-state index in [2.05, 4.69) is 15.3 Å². The van der Waals surface area contributed by atoms with E-state index in [0.29, 0.717) is 0 Å². The normalized spacial score (nSPS) is 23.7. The molecule has 17 nitrogen and oxygen atoms in total. The summed E-state index contributed by atoms with van der Waals surface area (Å²) in [5, 5.41) is 42.4. The van der Waals surface area contributed by atoms with Gasteiger partial charge in [-0.3, -0.25) is 24.6 Å². The Bertz CT molecular complexity index is 1010. The van der Waals surface area contributed by atoms with Crippen LogP contribution in [0, 0.1) is 0 Å². The smallest absolute Gasteiger partial charge is 0.325 e. The van der Waals surface area contributed by atoms with Crippen LogP contribution in [-0.2, 0) is 14.3 Å². The second kappa shape index (κ2) is 11.7. The van der Waals surface area contributed by atoms with Crippen molar-refractivity contribution in [3.8, 4) is 0 Å². The van der Waals surface area contributed by atoms with Gasteiger partial charge in [-0.2, -0.15) is 0 Å². The first-order chi connectivity index (χ1) is 15.9. The summed E-state index contributed by atoms with van der Waals surface area (Å²) in [4.78, 5) is 55.5. The molecule has 13 N–H and O–H groups in total. The summed E-state index contributed by atoms with van der Waals surface area (Å²) >= 11 is 0. The molecule has 1 aliphatic rings. The number of carbonyl (C=O) groups is 2. The van der Waals surface area contributed by atoms with Gasteiger partial charge in [0.15, 0.2) is 5.96 Å². The third-order valence-electron chi connectivity index (χ3n) is 4.98. The van der Waals surface area contributed by atoms with Crippen molar-refractivity contribution >= 4 is 17.8 Å². The molecule has 1 aromatic rings. The number of nitrogens with zero attached hydrogens (tertiary/aromatic N) is 2. The van der Waals surface area contributed by atoms with Gasteiger partial charge in [-0.05, 0) is 12.8 Å². The molecule has 1 saturated heterocycles. The fourth-order valence-corrected chi connectivity index (χ4v) is 3.22. The van der Waals surface area contributed by atoms with E-state index in [-0.39, 0.29) is 23.5 Å². The number of ether oxygens (including phenoxy) is 1. The van der Waals surface area contributed by atoms with Crippen LogP contribution in [0.2, 0.25) is 0 Å². The van der Waals surface area contributed by atoms with Crippen molar-refractivity contribution in [3.05, 3.63) is 32.6 Å². The van der Waals surface area contributed by atoms with E-state index in [0.717, 1.165) is 6.20 Å². The number of carbonyl (C=O) groups excluding carboxylic acids is 2. The number of hydrogen-bond donors (Lipinski definition) is 10. The Balaban J connectivity index is 2.08. The highest BCUT2D eigenvalue weighted by Gasteiger charge is 2.44. The van der Waals surface area contributed by atoms with Crippen LogP contribution in [-0.4, -0.2) is 97.0 Å². The summed E-state index contributed by atoms with van der Waals surface area (Å²) in [6, 6.07) is -1.51. The van der Waals surface area contributed by atoms with E-state index in [9.17, 15) is 39.7 Å². The predicted octanol–water partition coefficient (Wildman–Crippen LogP) is -5.74. The zero-order chi connectivity index (χ0) is 25.6. The van der Waals surface area contributed by atoms with Gasteiger partial charge in [-0.1, -0.05) is 0 Å². The fraction of sp³-hybridized carbons (Fsp3) is 0.588. The Kier molecular flexibility index (Phi) is 9.24. The second-order valence-corrected chi connectivity index (χ2v) is 7.49. The Morgan fingerprint density at radius 3 is 2.50 bits per heavy atom. The van der Waals surface area contributed by atoms with Crippen LogP contribution < -0.4 is 33.8 Å². The summed E-state index contributed by atoms with van der Waals surface area (Å²) in [6.45, 7) is -1.05. The topological polar surface area (TPSA) is 296 Å². The maximum atomic E-state index is 12.7. The van der Waals surface area contributed by atoms with Crippen LogP contribution in [0.25, 0.3) is 0 Å². The van der Waals surface area contributed by atoms with E-state index in [1.165, 1.54) is 0 Å². The molecule has 0 aromatic carbocycles. The molecule has 17 heteroatoms. The molecule has 0 radical (unpaired) electrons. The molecule has 2 rings (SSSR count). The zero-order valence-electron chi connectivity index (χ0n) is 17.8. The number of guanidine groups is 1. The van der Waals surface area contributed by atoms with Gasteiger partial charge in [-0.15, -0.1) is 0 Å². The SMILES string of the molecule is NC(N)=NCC(=O)N(O)[C@@H](CCC(N)O)C(=O)NC[C@H]1O[C@@H](c2c[nH]c(=O)[nH]c2=O)[C@H](O)[C@@H]1O. The number of hydrogen-bond acceptors (Lipinski definition) is 11. The maximum Gasteiger partial charge on any atom is 0.325 e.